The van der Waals surface area contributed by atoms with Gasteiger partial charge in [-0.25, -0.2) is 0 Å². The minimum Gasteiger partial charge on any atom is -0.349 e. The fourth-order valence-electron chi connectivity index (χ4n) is 2.51. The number of rotatable bonds is 2. The topological polar surface area (TPSA) is 41.1 Å². The Bertz CT molecular complexity index is 428. The van der Waals surface area contributed by atoms with Crippen LogP contribution in [-0.4, -0.2) is 25.0 Å². The highest BCUT2D eigenvalue weighted by atomic mass is 35.5. The van der Waals surface area contributed by atoms with Gasteiger partial charge in [-0.2, -0.15) is 0 Å². The highest BCUT2D eigenvalue weighted by Crippen LogP contribution is 2.41. The standard InChI is InChI=1S/C12H13ClN2O.ClH/c13-10-4-2-1-3-7(10)12(16)15-11-8-5-14-6-9(8)11;/h1-4,8-9,11,14H,5-6H2,(H,15,16);1H. The van der Waals surface area contributed by atoms with Gasteiger partial charge in [-0.1, -0.05) is 23.7 Å². The maximum Gasteiger partial charge on any atom is 0.253 e. The van der Waals surface area contributed by atoms with E-state index in [-0.39, 0.29) is 18.3 Å². The van der Waals surface area contributed by atoms with Crippen molar-refractivity contribution < 1.29 is 4.79 Å². The van der Waals surface area contributed by atoms with Gasteiger partial charge in [0.1, 0.15) is 0 Å². The van der Waals surface area contributed by atoms with E-state index in [2.05, 4.69) is 10.6 Å². The van der Waals surface area contributed by atoms with Crippen molar-refractivity contribution in [1.29, 1.82) is 0 Å². The van der Waals surface area contributed by atoms with Crippen molar-refractivity contribution in [2.45, 2.75) is 6.04 Å². The molecule has 1 aliphatic carbocycles. The molecule has 1 amide bonds. The highest BCUT2D eigenvalue weighted by molar-refractivity contribution is 6.33. The number of piperidine rings is 1. The van der Waals surface area contributed by atoms with Crippen LogP contribution >= 0.6 is 24.0 Å². The van der Waals surface area contributed by atoms with Crippen LogP contribution in [0.15, 0.2) is 24.3 Å². The van der Waals surface area contributed by atoms with Crippen LogP contribution in [0.5, 0.6) is 0 Å². The Hall–Kier alpha value is -0.770. The van der Waals surface area contributed by atoms with Gasteiger partial charge >= 0.3 is 0 Å². The molecule has 1 aliphatic heterocycles. The molecule has 0 radical (unpaired) electrons. The Kier molecular flexibility index (Phi) is 3.61. The van der Waals surface area contributed by atoms with Crippen molar-refractivity contribution >= 4 is 29.9 Å². The second-order valence-electron chi connectivity index (χ2n) is 4.47. The Balaban J connectivity index is 0.00000108. The number of halogens is 2. The summed E-state index contributed by atoms with van der Waals surface area (Å²) in [7, 11) is 0. The molecule has 2 aliphatic rings. The minimum atomic E-state index is -0.0509. The summed E-state index contributed by atoms with van der Waals surface area (Å²) < 4.78 is 0. The molecule has 3 rings (SSSR count). The molecule has 2 atom stereocenters. The predicted molar refractivity (Wildman–Crippen MR) is 69.8 cm³/mol. The lowest BCUT2D eigenvalue weighted by molar-refractivity contribution is 0.0947. The molecule has 5 heteroatoms. The second kappa shape index (κ2) is 4.84. The van der Waals surface area contributed by atoms with E-state index in [9.17, 15) is 4.79 Å². The van der Waals surface area contributed by atoms with Gasteiger partial charge in [0.05, 0.1) is 10.6 Å². The highest BCUT2D eigenvalue weighted by Gasteiger charge is 2.53. The van der Waals surface area contributed by atoms with Crippen molar-refractivity contribution in [2.75, 3.05) is 13.1 Å². The zero-order chi connectivity index (χ0) is 11.1. The molecule has 2 fully saturated rings. The van der Waals surface area contributed by atoms with Crippen LogP contribution in [0.25, 0.3) is 0 Å². The van der Waals surface area contributed by atoms with Gasteiger partial charge < -0.3 is 10.6 Å². The predicted octanol–water partition coefficient (Wildman–Crippen LogP) is 1.71. The number of carbonyl (C=O) groups is 1. The molecule has 92 valence electrons. The van der Waals surface area contributed by atoms with E-state index in [0.717, 1.165) is 13.1 Å². The van der Waals surface area contributed by atoms with E-state index in [0.29, 0.717) is 28.5 Å². The van der Waals surface area contributed by atoms with Gasteiger partial charge in [-0.3, -0.25) is 4.79 Å². The van der Waals surface area contributed by atoms with Crippen molar-refractivity contribution in [1.82, 2.24) is 10.6 Å². The number of amides is 1. The second-order valence-corrected chi connectivity index (χ2v) is 4.87. The molecule has 2 unspecified atom stereocenters. The summed E-state index contributed by atoms with van der Waals surface area (Å²) in [6.07, 6.45) is 0. The van der Waals surface area contributed by atoms with Crippen LogP contribution in [0.2, 0.25) is 5.02 Å². The molecule has 1 aromatic rings. The summed E-state index contributed by atoms with van der Waals surface area (Å²) in [5, 5.41) is 6.87. The molecular weight excluding hydrogens is 259 g/mol. The first-order valence-corrected chi connectivity index (χ1v) is 5.91. The van der Waals surface area contributed by atoms with Crippen molar-refractivity contribution in [3.05, 3.63) is 34.9 Å². The SMILES string of the molecule is Cl.O=C(NC1C2CNCC21)c1ccccc1Cl. The molecular formula is C12H14Cl2N2O. The van der Waals surface area contributed by atoms with E-state index in [1.807, 2.05) is 12.1 Å². The Morgan fingerprint density at radius 3 is 2.59 bits per heavy atom. The van der Waals surface area contributed by atoms with Gasteiger partial charge in [0.15, 0.2) is 0 Å². The maximum atomic E-state index is 11.9. The molecule has 2 N–H and O–H groups in total. The van der Waals surface area contributed by atoms with Crippen molar-refractivity contribution in [3.8, 4) is 0 Å². The molecule has 0 bridgehead atoms. The van der Waals surface area contributed by atoms with E-state index >= 15 is 0 Å². The van der Waals surface area contributed by atoms with Crippen LogP contribution < -0.4 is 10.6 Å². The average Bonchev–Trinajstić information content (AvgIpc) is 2.75. The molecule has 17 heavy (non-hydrogen) atoms. The maximum absolute atomic E-state index is 11.9. The average molecular weight is 273 g/mol. The zero-order valence-electron chi connectivity index (χ0n) is 9.15. The molecule has 0 spiro atoms. The zero-order valence-corrected chi connectivity index (χ0v) is 10.7. The first-order valence-electron chi connectivity index (χ1n) is 5.53. The number of carbonyl (C=O) groups excluding carboxylic acids is 1. The van der Waals surface area contributed by atoms with Crippen molar-refractivity contribution in [2.24, 2.45) is 11.8 Å². The summed E-state index contributed by atoms with van der Waals surface area (Å²) in [5.41, 5.74) is 0.571. The summed E-state index contributed by atoms with van der Waals surface area (Å²) in [6, 6.07) is 7.51. The third-order valence-electron chi connectivity index (χ3n) is 3.51. The van der Waals surface area contributed by atoms with Gasteiger partial charge in [0.2, 0.25) is 0 Å². The quantitative estimate of drug-likeness (QED) is 0.861. The normalized spacial score (nSPS) is 29.1. The van der Waals surface area contributed by atoms with Crippen LogP contribution in [0.1, 0.15) is 10.4 Å². The summed E-state index contributed by atoms with van der Waals surface area (Å²) in [5.74, 6) is 1.21. The minimum absolute atomic E-state index is 0. The molecule has 1 saturated carbocycles. The summed E-state index contributed by atoms with van der Waals surface area (Å²) in [6.45, 7) is 2.05. The number of benzene rings is 1. The molecule has 3 nitrogen and oxygen atoms in total. The van der Waals surface area contributed by atoms with Crippen LogP contribution in [0.3, 0.4) is 0 Å². The van der Waals surface area contributed by atoms with Crippen LogP contribution in [0.4, 0.5) is 0 Å². The number of hydrogen-bond acceptors (Lipinski definition) is 2. The number of nitrogens with one attached hydrogen (secondary N) is 2. The number of hydrogen-bond donors (Lipinski definition) is 2. The summed E-state index contributed by atoms with van der Waals surface area (Å²) >= 11 is 5.97. The third-order valence-corrected chi connectivity index (χ3v) is 3.84. The van der Waals surface area contributed by atoms with E-state index in [4.69, 9.17) is 11.6 Å². The first kappa shape index (κ1) is 12.7. The lowest BCUT2D eigenvalue weighted by atomic mass is 10.2. The van der Waals surface area contributed by atoms with E-state index in [1.165, 1.54) is 0 Å². The van der Waals surface area contributed by atoms with Gasteiger partial charge in [-0.05, 0) is 24.0 Å². The summed E-state index contributed by atoms with van der Waals surface area (Å²) in [4.78, 5) is 11.9. The molecule has 1 aromatic carbocycles. The Morgan fingerprint density at radius 1 is 1.29 bits per heavy atom. The number of fused-ring (bicyclic) bond motifs is 1. The fourth-order valence-corrected chi connectivity index (χ4v) is 2.73. The smallest absolute Gasteiger partial charge is 0.253 e. The third kappa shape index (κ3) is 2.28. The molecule has 0 aromatic heterocycles. The van der Waals surface area contributed by atoms with Crippen molar-refractivity contribution in [3.63, 3.8) is 0 Å². The largest absolute Gasteiger partial charge is 0.349 e. The van der Waals surface area contributed by atoms with Crippen LogP contribution in [-0.2, 0) is 0 Å². The van der Waals surface area contributed by atoms with Gasteiger partial charge in [0.25, 0.3) is 5.91 Å². The van der Waals surface area contributed by atoms with E-state index < -0.39 is 0 Å². The van der Waals surface area contributed by atoms with Crippen LogP contribution in [0, 0.1) is 11.8 Å². The molecule has 1 heterocycles. The Morgan fingerprint density at radius 2 is 1.94 bits per heavy atom. The first-order chi connectivity index (χ1) is 7.77. The monoisotopic (exact) mass is 272 g/mol. The lowest BCUT2D eigenvalue weighted by Crippen LogP contribution is -2.32. The van der Waals surface area contributed by atoms with E-state index in [1.54, 1.807) is 12.1 Å². The molecule has 1 saturated heterocycles. The van der Waals surface area contributed by atoms with Gasteiger partial charge in [-0.15, -0.1) is 12.4 Å². The fraction of sp³-hybridized carbons (Fsp3) is 0.417. The van der Waals surface area contributed by atoms with Gasteiger partial charge in [0, 0.05) is 19.1 Å². The Labute approximate surface area is 111 Å². The lowest BCUT2D eigenvalue weighted by Gasteiger charge is -2.08.